The second-order valence-electron chi connectivity index (χ2n) is 3.66. The lowest BCUT2D eigenvalue weighted by atomic mass is 10.2. The van der Waals surface area contributed by atoms with Crippen LogP contribution in [0.3, 0.4) is 0 Å². The summed E-state index contributed by atoms with van der Waals surface area (Å²) in [5.74, 6) is 1.97. The molecule has 0 amide bonds. The zero-order valence-electron chi connectivity index (χ0n) is 9.84. The molecule has 0 aliphatic carbocycles. The highest BCUT2D eigenvalue weighted by Gasteiger charge is 2.09. The monoisotopic (exact) mass is 267 g/mol. The normalized spacial score (nSPS) is 10.8. The van der Waals surface area contributed by atoms with Gasteiger partial charge in [0.2, 0.25) is 0 Å². The number of hydrogen-bond donors (Lipinski definition) is 1. The number of nitrogens with zero attached hydrogens (tertiary/aromatic N) is 4. The van der Waals surface area contributed by atoms with Crippen LogP contribution in [0.2, 0.25) is 0 Å². The Balaban J connectivity index is 2.29. The molecule has 90 valence electrons. The second kappa shape index (κ2) is 5.42. The predicted molar refractivity (Wildman–Crippen MR) is 69.7 cm³/mol. The summed E-state index contributed by atoms with van der Waals surface area (Å²) in [6, 6.07) is 1.91. The molecule has 0 aliphatic rings. The Morgan fingerprint density at radius 1 is 1.35 bits per heavy atom. The van der Waals surface area contributed by atoms with Crippen molar-refractivity contribution in [1.82, 2.24) is 20.2 Å². The lowest BCUT2D eigenvalue weighted by Crippen LogP contribution is -2.02. The molecule has 0 bridgehead atoms. The van der Waals surface area contributed by atoms with Crippen molar-refractivity contribution in [3.63, 3.8) is 0 Å². The molecule has 2 aromatic heterocycles. The highest BCUT2D eigenvalue weighted by molar-refractivity contribution is 8.00. The molecule has 17 heavy (non-hydrogen) atoms. The first-order valence-electron chi connectivity index (χ1n) is 5.20. The summed E-state index contributed by atoms with van der Waals surface area (Å²) < 4.78 is 0.889. The fourth-order valence-electron chi connectivity index (χ4n) is 1.18. The van der Waals surface area contributed by atoms with E-state index in [0.29, 0.717) is 5.92 Å². The largest absolute Gasteiger partial charge is 0.373 e. The van der Waals surface area contributed by atoms with E-state index in [1.807, 2.05) is 13.1 Å². The molecule has 0 aliphatic heterocycles. The van der Waals surface area contributed by atoms with Gasteiger partial charge in [-0.3, -0.25) is 0 Å². The Kier molecular flexibility index (Phi) is 3.90. The van der Waals surface area contributed by atoms with E-state index in [1.165, 1.54) is 23.1 Å². The number of hydrogen-bond acceptors (Lipinski definition) is 7. The molecule has 0 atom stereocenters. The zero-order chi connectivity index (χ0) is 12.3. The Morgan fingerprint density at radius 3 is 2.76 bits per heavy atom. The summed E-state index contributed by atoms with van der Waals surface area (Å²) in [6.07, 6.45) is 0. The molecule has 0 aromatic carbocycles. The Bertz CT molecular complexity index is 483. The first kappa shape index (κ1) is 12.3. The van der Waals surface area contributed by atoms with Crippen molar-refractivity contribution in [2.45, 2.75) is 29.1 Å². The lowest BCUT2D eigenvalue weighted by molar-refractivity contribution is 0.755. The van der Waals surface area contributed by atoms with Crippen molar-refractivity contribution in [2.24, 2.45) is 0 Å². The van der Waals surface area contributed by atoms with Gasteiger partial charge in [-0.05, 0) is 11.8 Å². The standard InChI is InChI=1S/C10H13N5S2/c1-6(2)9-13-7(11-3)4-8(14-9)17-10-15-12-5-16-10/h4-6H,1-3H3,(H,11,13,14). The van der Waals surface area contributed by atoms with Crippen molar-refractivity contribution in [2.75, 3.05) is 12.4 Å². The molecule has 2 rings (SSSR count). The van der Waals surface area contributed by atoms with Gasteiger partial charge in [0.05, 0.1) is 0 Å². The average Bonchev–Trinajstić information content (AvgIpc) is 2.81. The molecule has 2 aromatic rings. The molecule has 0 unspecified atom stereocenters. The van der Waals surface area contributed by atoms with Crippen molar-refractivity contribution in [1.29, 1.82) is 0 Å². The van der Waals surface area contributed by atoms with Crippen LogP contribution in [0.15, 0.2) is 20.9 Å². The molecule has 7 heteroatoms. The molecular weight excluding hydrogens is 254 g/mol. The summed E-state index contributed by atoms with van der Waals surface area (Å²) >= 11 is 3.01. The average molecular weight is 267 g/mol. The molecule has 0 spiro atoms. The van der Waals surface area contributed by atoms with Crippen molar-refractivity contribution >= 4 is 28.9 Å². The van der Waals surface area contributed by atoms with E-state index in [4.69, 9.17) is 0 Å². The van der Waals surface area contributed by atoms with E-state index in [1.54, 1.807) is 5.51 Å². The fourth-order valence-corrected chi connectivity index (χ4v) is 2.61. The van der Waals surface area contributed by atoms with E-state index < -0.39 is 0 Å². The Labute approximate surface area is 108 Å². The van der Waals surface area contributed by atoms with Crippen LogP contribution in [0.25, 0.3) is 0 Å². The van der Waals surface area contributed by atoms with Gasteiger partial charge in [0, 0.05) is 19.0 Å². The minimum absolute atomic E-state index is 0.303. The van der Waals surface area contributed by atoms with Crippen molar-refractivity contribution < 1.29 is 0 Å². The van der Waals surface area contributed by atoms with Gasteiger partial charge in [0.15, 0.2) is 4.34 Å². The highest BCUT2D eigenvalue weighted by atomic mass is 32.2. The van der Waals surface area contributed by atoms with Gasteiger partial charge < -0.3 is 5.32 Å². The van der Waals surface area contributed by atoms with Crippen LogP contribution in [0.5, 0.6) is 0 Å². The van der Waals surface area contributed by atoms with Gasteiger partial charge >= 0.3 is 0 Å². The van der Waals surface area contributed by atoms with Crippen LogP contribution in [0, 0.1) is 0 Å². The van der Waals surface area contributed by atoms with Gasteiger partial charge in [0.1, 0.15) is 22.2 Å². The van der Waals surface area contributed by atoms with E-state index >= 15 is 0 Å². The molecular formula is C10H13N5S2. The minimum atomic E-state index is 0.303. The minimum Gasteiger partial charge on any atom is -0.373 e. The molecule has 0 saturated carbocycles. The number of aromatic nitrogens is 4. The predicted octanol–water partition coefficient (Wildman–Crippen LogP) is 2.64. The third-order valence-electron chi connectivity index (χ3n) is 2.02. The summed E-state index contributed by atoms with van der Waals surface area (Å²) in [4.78, 5) is 8.92. The molecule has 5 nitrogen and oxygen atoms in total. The SMILES string of the molecule is CNc1cc(Sc2nncs2)nc(C(C)C)n1. The van der Waals surface area contributed by atoms with Crippen molar-refractivity contribution in [3.8, 4) is 0 Å². The van der Waals surface area contributed by atoms with Crippen LogP contribution in [0.4, 0.5) is 5.82 Å². The van der Waals surface area contributed by atoms with E-state index in [0.717, 1.165) is 21.0 Å². The summed E-state index contributed by atoms with van der Waals surface area (Å²) in [6.45, 7) is 4.16. The van der Waals surface area contributed by atoms with Gasteiger partial charge in [-0.15, -0.1) is 10.2 Å². The molecule has 2 heterocycles. The van der Waals surface area contributed by atoms with Gasteiger partial charge in [-0.1, -0.05) is 25.2 Å². The van der Waals surface area contributed by atoms with Crippen LogP contribution in [-0.4, -0.2) is 27.2 Å². The molecule has 0 radical (unpaired) electrons. The van der Waals surface area contributed by atoms with Crippen LogP contribution >= 0.6 is 23.1 Å². The quantitative estimate of drug-likeness (QED) is 0.859. The maximum absolute atomic E-state index is 4.51. The van der Waals surface area contributed by atoms with Gasteiger partial charge in [-0.25, -0.2) is 9.97 Å². The van der Waals surface area contributed by atoms with E-state index in [9.17, 15) is 0 Å². The van der Waals surface area contributed by atoms with E-state index in [-0.39, 0.29) is 0 Å². The summed E-state index contributed by atoms with van der Waals surface area (Å²) in [7, 11) is 1.85. The Morgan fingerprint density at radius 2 is 2.18 bits per heavy atom. The Hall–Kier alpha value is -1.21. The maximum Gasteiger partial charge on any atom is 0.180 e. The van der Waals surface area contributed by atoms with Crippen molar-refractivity contribution in [3.05, 3.63) is 17.4 Å². The van der Waals surface area contributed by atoms with Crippen LogP contribution in [-0.2, 0) is 0 Å². The molecule has 1 N–H and O–H groups in total. The third-order valence-corrected chi connectivity index (χ3v) is 3.72. The number of nitrogens with one attached hydrogen (secondary N) is 1. The third kappa shape index (κ3) is 3.13. The van der Waals surface area contributed by atoms with Gasteiger partial charge in [0.25, 0.3) is 0 Å². The van der Waals surface area contributed by atoms with Crippen LogP contribution in [0.1, 0.15) is 25.6 Å². The summed E-state index contributed by atoms with van der Waals surface area (Å²) in [5, 5.41) is 11.7. The summed E-state index contributed by atoms with van der Waals surface area (Å²) in [5.41, 5.74) is 1.71. The first-order valence-corrected chi connectivity index (χ1v) is 6.89. The van der Waals surface area contributed by atoms with E-state index in [2.05, 4.69) is 39.3 Å². The second-order valence-corrected chi connectivity index (χ2v) is 5.76. The fraction of sp³-hybridized carbons (Fsp3) is 0.400. The number of anilines is 1. The zero-order valence-corrected chi connectivity index (χ0v) is 11.5. The first-order chi connectivity index (χ1) is 8.19. The highest BCUT2D eigenvalue weighted by Crippen LogP contribution is 2.29. The topological polar surface area (TPSA) is 63.6 Å². The smallest absolute Gasteiger partial charge is 0.180 e. The lowest BCUT2D eigenvalue weighted by Gasteiger charge is -2.08. The molecule has 0 fully saturated rings. The maximum atomic E-state index is 4.51. The molecule has 0 saturated heterocycles. The van der Waals surface area contributed by atoms with Crippen LogP contribution < -0.4 is 5.32 Å². The van der Waals surface area contributed by atoms with Gasteiger partial charge in [-0.2, -0.15) is 0 Å². The number of rotatable bonds is 4.